The summed E-state index contributed by atoms with van der Waals surface area (Å²) in [6, 6.07) is 11.1. The first-order valence-electron chi connectivity index (χ1n) is 7.15. The van der Waals surface area contributed by atoms with Crippen molar-refractivity contribution in [2.75, 3.05) is 20.2 Å². The maximum Gasteiger partial charge on any atom is 0.417 e. The van der Waals surface area contributed by atoms with Crippen molar-refractivity contribution in [3.63, 3.8) is 0 Å². The number of benzene rings is 2. The Bertz CT molecular complexity index is 694. The van der Waals surface area contributed by atoms with Gasteiger partial charge in [-0.25, -0.2) is 0 Å². The van der Waals surface area contributed by atoms with Crippen LogP contribution in [0.5, 0.6) is 0 Å². The van der Waals surface area contributed by atoms with Gasteiger partial charge in [-0.05, 0) is 28.8 Å². The Balaban J connectivity index is 2.08. The number of hydrogen-bond donors (Lipinski definition) is 0. The number of rotatable bonds is 3. The van der Waals surface area contributed by atoms with Gasteiger partial charge in [-0.15, -0.1) is 0 Å². The van der Waals surface area contributed by atoms with Crippen LogP contribution in [0, 0.1) is 0 Å². The van der Waals surface area contributed by atoms with E-state index in [1.54, 1.807) is 41.5 Å². The van der Waals surface area contributed by atoms with Gasteiger partial charge in [0.05, 0.1) is 12.7 Å². The molecule has 0 radical (unpaired) electrons. The Hall–Kier alpha value is -1.56. The Morgan fingerprint density at radius 2 is 1.74 bits per heavy atom. The molecule has 122 valence electrons. The van der Waals surface area contributed by atoms with E-state index in [2.05, 4.69) is 0 Å². The number of alkyl halides is 3. The average molecular weight is 342 g/mol. The van der Waals surface area contributed by atoms with Crippen LogP contribution in [-0.2, 0) is 11.0 Å². The molecule has 0 atom stereocenters. The van der Waals surface area contributed by atoms with Crippen LogP contribution in [0.25, 0.3) is 11.1 Å². The molecule has 0 amide bonds. The Morgan fingerprint density at radius 1 is 1.09 bits per heavy atom. The van der Waals surface area contributed by atoms with Gasteiger partial charge in [0.25, 0.3) is 0 Å². The highest BCUT2D eigenvalue weighted by atomic mass is 35.5. The van der Waals surface area contributed by atoms with E-state index in [1.165, 1.54) is 13.2 Å². The summed E-state index contributed by atoms with van der Waals surface area (Å²) < 4.78 is 41.1. The van der Waals surface area contributed by atoms with Gasteiger partial charge in [0.1, 0.15) is 0 Å². The minimum Gasteiger partial charge on any atom is -0.302 e. The van der Waals surface area contributed by atoms with Crippen molar-refractivity contribution < 1.29 is 18.0 Å². The molecule has 2 aromatic rings. The molecule has 3 rings (SSSR count). The SMILES string of the molecule is CON1CC(c2cccc(-c3ccc(Cl)cc3)c2C(F)(F)F)C1. The molecule has 0 bridgehead atoms. The molecule has 2 aromatic carbocycles. The normalized spacial score (nSPS) is 16.4. The van der Waals surface area contributed by atoms with Crippen LogP contribution in [0.2, 0.25) is 5.02 Å². The predicted octanol–water partition coefficient (Wildman–Crippen LogP) is 4.99. The van der Waals surface area contributed by atoms with Gasteiger partial charge in [-0.2, -0.15) is 18.2 Å². The fourth-order valence-electron chi connectivity index (χ4n) is 2.88. The number of nitrogens with zero attached hydrogens (tertiary/aromatic N) is 1. The maximum absolute atomic E-state index is 13.7. The van der Waals surface area contributed by atoms with Crippen LogP contribution in [0.15, 0.2) is 42.5 Å². The van der Waals surface area contributed by atoms with E-state index in [9.17, 15) is 13.2 Å². The molecular formula is C17H15ClF3NO. The highest BCUT2D eigenvalue weighted by molar-refractivity contribution is 6.30. The smallest absolute Gasteiger partial charge is 0.302 e. The van der Waals surface area contributed by atoms with E-state index in [0.29, 0.717) is 29.2 Å². The fourth-order valence-corrected chi connectivity index (χ4v) is 3.01. The Kier molecular flexibility index (Phi) is 4.36. The average Bonchev–Trinajstić information content (AvgIpc) is 2.45. The molecule has 0 aliphatic carbocycles. The highest BCUT2D eigenvalue weighted by Crippen LogP contribution is 2.43. The molecular weight excluding hydrogens is 327 g/mol. The molecule has 0 spiro atoms. The molecule has 1 fully saturated rings. The zero-order valence-corrected chi connectivity index (χ0v) is 13.2. The van der Waals surface area contributed by atoms with Gasteiger partial charge < -0.3 is 4.84 Å². The third-order valence-corrected chi connectivity index (χ3v) is 4.33. The third kappa shape index (κ3) is 3.22. The van der Waals surface area contributed by atoms with Crippen molar-refractivity contribution in [2.24, 2.45) is 0 Å². The third-order valence-electron chi connectivity index (χ3n) is 4.08. The first kappa shape index (κ1) is 16.3. The fraction of sp³-hybridized carbons (Fsp3) is 0.294. The van der Waals surface area contributed by atoms with Crippen LogP contribution in [0.1, 0.15) is 17.0 Å². The molecule has 0 unspecified atom stereocenters. The molecule has 0 saturated carbocycles. The van der Waals surface area contributed by atoms with Crippen LogP contribution in [0.3, 0.4) is 0 Å². The summed E-state index contributed by atoms with van der Waals surface area (Å²) in [6.07, 6.45) is -4.42. The summed E-state index contributed by atoms with van der Waals surface area (Å²) in [5.74, 6) is -0.182. The largest absolute Gasteiger partial charge is 0.417 e. The Morgan fingerprint density at radius 3 is 2.30 bits per heavy atom. The van der Waals surface area contributed by atoms with Gasteiger partial charge in [-0.3, -0.25) is 0 Å². The lowest BCUT2D eigenvalue weighted by Crippen LogP contribution is -2.44. The van der Waals surface area contributed by atoms with E-state index in [-0.39, 0.29) is 11.5 Å². The van der Waals surface area contributed by atoms with Crippen molar-refractivity contribution in [1.29, 1.82) is 0 Å². The van der Waals surface area contributed by atoms with Crippen LogP contribution in [0.4, 0.5) is 13.2 Å². The molecule has 2 nitrogen and oxygen atoms in total. The lowest BCUT2D eigenvalue weighted by atomic mass is 9.85. The standard InChI is InChI=1S/C17H15ClF3NO/c1-23-22-9-12(10-22)15-4-2-3-14(16(15)17(19,20)21)11-5-7-13(18)8-6-11/h2-8,12H,9-10H2,1H3. The van der Waals surface area contributed by atoms with Crippen molar-refractivity contribution in [2.45, 2.75) is 12.1 Å². The van der Waals surface area contributed by atoms with Crippen molar-refractivity contribution >= 4 is 11.6 Å². The lowest BCUT2D eigenvalue weighted by Gasteiger charge is -2.38. The number of hydroxylamine groups is 2. The van der Waals surface area contributed by atoms with Crippen molar-refractivity contribution in [1.82, 2.24) is 5.06 Å². The molecule has 1 saturated heterocycles. The molecule has 1 heterocycles. The van der Waals surface area contributed by atoms with Crippen LogP contribution < -0.4 is 0 Å². The topological polar surface area (TPSA) is 12.5 Å². The summed E-state index contributed by atoms with van der Waals surface area (Å²) in [4.78, 5) is 5.03. The van der Waals surface area contributed by atoms with Gasteiger partial charge in [0.2, 0.25) is 0 Å². The maximum atomic E-state index is 13.7. The van der Waals surface area contributed by atoms with Crippen LogP contribution >= 0.6 is 11.6 Å². The molecule has 0 aromatic heterocycles. The second-order valence-corrected chi connectivity index (χ2v) is 5.94. The summed E-state index contributed by atoms with van der Waals surface area (Å²) in [7, 11) is 1.52. The monoisotopic (exact) mass is 341 g/mol. The lowest BCUT2D eigenvalue weighted by molar-refractivity contribution is -0.183. The summed E-state index contributed by atoms with van der Waals surface area (Å²) in [5, 5.41) is 2.13. The first-order chi connectivity index (χ1) is 10.9. The van der Waals surface area contributed by atoms with Gasteiger partial charge in [0, 0.05) is 24.0 Å². The zero-order valence-electron chi connectivity index (χ0n) is 12.4. The first-order valence-corrected chi connectivity index (χ1v) is 7.53. The summed E-state index contributed by atoms with van der Waals surface area (Å²) in [6.45, 7) is 0.924. The second kappa shape index (κ2) is 6.15. The molecule has 1 aliphatic rings. The predicted molar refractivity (Wildman–Crippen MR) is 83.2 cm³/mol. The van der Waals surface area contributed by atoms with Crippen molar-refractivity contribution in [3.8, 4) is 11.1 Å². The van der Waals surface area contributed by atoms with Crippen molar-refractivity contribution in [3.05, 3.63) is 58.6 Å². The zero-order chi connectivity index (χ0) is 16.6. The van der Waals surface area contributed by atoms with Gasteiger partial charge in [-0.1, -0.05) is 41.9 Å². The molecule has 0 N–H and O–H groups in total. The minimum atomic E-state index is -4.42. The quantitative estimate of drug-likeness (QED) is 0.780. The summed E-state index contributed by atoms with van der Waals surface area (Å²) >= 11 is 5.83. The minimum absolute atomic E-state index is 0.182. The van der Waals surface area contributed by atoms with E-state index >= 15 is 0 Å². The second-order valence-electron chi connectivity index (χ2n) is 5.50. The van der Waals surface area contributed by atoms with Gasteiger partial charge in [0.15, 0.2) is 0 Å². The van der Waals surface area contributed by atoms with Crippen LogP contribution in [-0.4, -0.2) is 25.3 Å². The van der Waals surface area contributed by atoms with E-state index in [0.717, 1.165) is 0 Å². The molecule has 23 heavy (non-hydrogen) atoms. The van der Waals surface area contributed by atoms with E-state index in [4.69, 9.17) is 16.4 Å². The molecule has 1 aliphatic heterocycles. The number of halogens is 4. The van der Waals surface area contributed by atoms with Gasteiger partial charge >= 0.3 is 6.18 Å². The highest BCUT2D eigenvalue weighted by Gasteiger charge is 2.40. The number of hydrogen-bond acceptors (Lipinski definition) is 2. The molecule has 6 heteroatoms. The Labute approximate surface area is 137 Å². The van der Waals surface area contributed by atoms with E-state index in [1.807, 2.05) is 0 Å². The van der Waals surface area contributed by atoms with E-state index < -0.39 is 11.7 Å². The summed E-state index contributed by atoms with van der Waals surface area (Å²) in [5.41, 5.74) is 0.440.